The molecular formula is C20H22N6OS. The lowest BCUT2D eigenvalue weighted by atomic mass is 10.2. The first-order chi connectivity index (χ1) is 13.5. The zero-order valence-electron chi connectivity index (χ0n) is 16.0. The first kappa shape index (κ1) is 19.6. The zero-order chi connectivity index (χ0) is 19.9. The molecule has 3 aromatic rings. The van der Waals surface area contributed by atoms with E-state index in [4.69, 9.17) is 0 Å². The number of benzene rings is 2. The van der Waals surface area contributed by atoms with Crippen LogP contribution in [0.2, 0.25) is 0 Å². The summed E-state index contributed by atoms with van der Waals surface area (Å²) in [4.78, 5) is 14.1. The highest BCUT2D eigenvalue weighted by Gasteiger charge is 2.12. The van der Waals surface area contributed by atoms with Gasteiger partial charge in [-0.3, -0.25) is 4.79 Å². The zero-order valence-corrected chi connectivity index (χ0v) is 16.8. The number of anilines is 1. The van der Waals surface area contributed by atoms with Crippen molar-refractivity contribution in [3.63, 3.8) is 0 Å². The third kappa shape index (κ3) is 4.98. The van der Waals surface area contributed by atoms with E-state index in [2.05, 4.69) is 20.7 Å². The second-order valence-corrected chi connectivity index (χ2v) is 7.24. The highest BCUT2D eigenvalue weighted by Crippen LogP contribution is 2.22. The molecule has 0 aliphatic rings. The van der Waals surface area contributed by atoms with Crippen LogP contribution in [0.4, 0.5) is 5.69 Å². The van der Waals surface area contributed by atoms with Gasteiger partial charge >= 0.3 is 0 Å². The van der Waals surface area contributed by atoms with Crippen LogP contribution in [0.15, 0.2) is 64.9 Å². The Morgan fingerprint density at radius 3 is 2.54 bits per heavy atom. The van der Waals surface area contributed by atoms with Gasteiger partial charge in [-0.05, 0) is 17.7 Å². The fraction of sp³-hybridized carbons (Fsp3) is 0.200. The SMILES string of the molecule is CN(C)c1ccc(/C=N/NC(=O)CSc2nnc(-c3ccccc3)n2C)cc1. The Kier molecular flexibility index (Phi) is 6.44. The van der Waals surface area contributed by atoms with Crippen molar-refractivity contribution in [1.29, 1.82) is 0 Å². The van der Waals surface area contributed by atoms with Crippen LogP contribution in [0.1, 0.15) is 5.56 Å². The summed E-state index contributed by atoms with van der Waals surface area (Å²) < 4.78 is 1.88. The van der Waals surface area contributed by atoms with E-state index >= 15 is 0 Å². The Balaban J connectivity index is 1.51. The van der Waals surface area contributed by atoms with E-state index in [9.17, 15) is 4.79 Å². The minimum Gasteiger partial charge on any atom is -0.378 e. The topological polar surface area (TPSA) is 75.4 Å². The van der Waals surface area contributed by atoms with Gasteiger partial charge in [-0.25, -0.2) is 5.43 Å². The molecule has 7 nitrogen and oxygen atoms in total. The molecule has 0 aliphatic carbocycles. The van der Waals surface area contributed by atoms with Crippen LogP contribution in [0, 0.1) is 0 Å². The molecule has 0 aliphatic heterocycles. The lowest BCUT2D eigenvalue weighted by molar-refractivity contribution is -0.118. The van der Waals surface area contributed by atoms with E-state index < -0.39 is 0 Å². The molecule has 1 heterocycles. The number of nitrogens with one attached hydrogen (secondary N) is 1. The van der Waals surface area contributed by atoms with Gasteiger partial charge < -0.3 is 9.47 Å². The highest BCUT2D eigenvalue weighted by atomic mass is 32.2. The summed E-state index contributed by atoms with van der Waals surface area (Å²) >= 11 is 1.32. The average Bonchev–Trinajstić information content (AvgIpc) is 3.08. The van der Waals surface area contributed by atoms with E-state index in [1.807, 2.05) is 85.2 Å². The Bertz CT molecular complexity index is 951. The summed E-state index contributed by atoms with van der Waals surface area (Å²) in [6.45, 7) is 0. The van der Waals surface area contributed by atoms with Crippen LogP contribution in [0.5, 0.6) is 0 Å². The fourth-order valence-corrected chi connectivity index (χ4v) is 3.18. The number of hydrogen-bond donors (Lipinski definition) is 1. The van der Waals surface area contributed by atoms with Gasteiger partial charge in [0.25, 0.3) is 5.91 Å². The average molecular weight is 395 g/mol. The Morgan fingerprint density at radius 1 is 1.14 bits per heavy atom. The maximum absolute atomic E-state index is 12.0. The number of carbonyl (C=O) groups is 1. The molecule has 0 bridgehead atoms. The molecule has 1 N–H and O–H groups in total. The normalized spacial score (nSPS) is 11.0. The number of hydrazone groups is 1. The van der Waals surface area contributed by atoms with E-state index in [1.54, 1.807) is 6.21 Å². The van der Waals surface area contributed by atoms with Gasteiger partial charge in [-0.2, -0.15) is 5.10 Å². The van der Waals surface area contributed by atoms with E-state index in [0.717, 1.165) is 22.6 Å². The lowest BCUT2D eigenvalue weighted by Gasteiger charge is -2.11. The third-order valence-corrected chi connectivity index (χ3v) is 5.03. The molecule has 28 heavy (non-hydrogen) atoms. The van der Waals surface area contributed by atoms with Gasteiger partial charge in [-0.15, -0.1) is 10.2 Å². The van der Waals surface area contributed by atoms with Crippen LogP contribution in [-0.2, 0) is 11.8 Å². The summed E-state index contributed by atoms with van der Waals surface area (Å²) in [5, 5.41) is 13.1. The second-order valence-electron chi connectivity index (χ2n) is 6.30. The van der Waals surface area contributed by atoms with Crippen LogP contribution in [0.25, 0.3) is 11.4 Å². The number of hydrogen-bond acceptors (Lipinski definition) is 6. The molecule has 2 aromatic carbocycles. The predicted molar refractivity (Wildman–Crippen MR) is 114 cm³/mol. The Labute approximate surface area is 168 Å². The number of rotatable bonds is 7. The van der Waals surface area contributed by atoms with Crippen molar-refractivity contribution in [3.05, 3.63) is 60.2 Å². The van der Waals surface area contributed by atoms with Gasteiger partial charge in [0.15, 0.2) is 11.0 Å². The van der Waals surface area contributed by atoms with Gasteiger partial charge in [0.1, 0.15) is 0 Å². The largest absolute Gasteiger partial charge is 0.378 e. The molecule has 144 valence electrons. The molecule has 8 heteroatoms. The number of carbonyl (C=O) groups excluding carboxylic acids is 1. The van der Waals surface area contributed by atoms with E-state index in [1.165, 1.54) is 11.8 Å². The van der Waals surface area contributed by atoms with Crippen molar-refractivity contribution in [3.8, 4) is 11.4 Å². The minimum absolute atomic E-state index is 0.199. The monoisotopic (exact) mass is 394 g/mol. The van der Waals surface area contributed by atoms with Gasteiger partial charge in [0.2, 0.25) is 0 Å². The molecule has 0 saturated carbocycles. The van der Waals surface area contributed by atoms with Gasteiger partial charge in [0.05, 0.1) is 12.0 Å². The van der Waals surface area contributed by atoms with Gasteiger partial charge in [0, 0.05) is 32.4 Å². The highest BCUT2D eigenvalue weighted by molar-refractivity contribution is 7.99. The van der Waals surface area contributed by atoms with Gasteiger partial charge in [-0.1, -0.05) is 54.2 Å². The summed E-state index contributed by atoms with van der Waals surface area (Å²) in [7, 11) is 5.86. The molecule has 0 radical (unpaired) electrons. The number of thioether (sulfide) groups is 1. The van der Waals surface area contributed by atoms with Crippen molar-refractivity contribution in [2.24, 2.45) is 12.1 Å². The Hall–Kier alpha value is -3.13. The van der Waals surface area contributed by atoms with Crippen LogP contribution in [0.3, 0.4) is 0 Å². The molecule has 1 amide bonds. The lowest BCUT2D eigenvalue weighted by Crippen LogP contribution is -2.19. The second kappa shape index (κ2) is 9.18. The smallest absolute Gasteiger partial charge is 0.250 e. The predicted octanol–water partition coefficient (Wildman–Crippen LogP) is 2.79. The minimum atomic E-state index is -0.199. The van der Waals surface area contributed by atoms with E-state index in [-0.39, 0.29) is 11.7 Å². The van der Waals surface area contributed by atoms with Crippen molar-refractivity contribution in [2.75, 3.05) is 24.7 Å². The molecule has 0 saturated heterocycles. The van der Waals surface area contributed by atoms with E-state index in [0.29, 0.717) is 5.16 Å². The Morgan fingerprint density at radius 2 is 1.86 bits per heavy atom. The first-order valence-corrected chi connectivity index (χ1v) is 9.70. The summed E-state index contributed by atoms with van der Waals surface area (Å²) in [6.07, 6.45) is 1.62. The summed E-state index contributed by atoms with van der Waals surface area (Å²) in [5.41, 5.74) is 5.55. The maximum Gasteiger partial charge on any atom is 0.250 e. The molecule has 0 fully saturated rings. The van der Waals surface area contributed by atoms with Crippen molar-refractivity contribution < 1.29 is 4.79 Å². The summed E-state index contributed by atoms with van der Waals surface area (Å²) in [6, 6.07) is 17.7. The van der Waals surface area contributed by atoms with Crippen molar-refractivity contribution in [1.82, 2.24) is 20.2 Å². The number of aromatic nitrogens is 3. The third-order valence-electron chi connectivity index (χ3n) is 4.01. The number of amides is 1. The quantitative estimate of drug-likeness (QED) is 0.379. The fourth-order valence-electron chi connectivity index (χ4n) is 2.48. The first-order valence-electron chi connectivity index (χ1n) is 8.71. The maximum atomic E-state index is 12.0. The summed E-state index contributed by atoms with van der Waals surface area (Å²) in [5.74, 6) is 0.774. The molecule has 1 aromatic heterocycles. The standard InChI is InChI=1S/C20H22N6OS/c1-25(2)17-11-9-15(10-12-17)13-21-22-18(27)14-28-20-24-23-19(26(20)3)16-7-5-4-6-8-16/h4-13H,14H2,1-3H3,(H,22,27)/b21-13+. The van der Waals surface area contributed by atoms with Crippen LogP contribution in [-0.4, -0.2) is 46.7 Å². The van der Waals surface area contributed by atoms with Crippen LogP contribution >= 0.6 is 11.8 Å². The van der Waals surface area contributed by atoms with Crippen molar-refractivity contribution in [2.45, 2.75) is 5.16 Å². The molecule has 0 atom stereocenters. The molecular weight excluding hydrogens is 372 g/mol. The van der Waals surface area contributed by atoms with Crippen molar-refractivity contribution >= 4 is 29.6 Å². The number of nitrogens with zero attached hydrogens (tertiary/aromatic N) is 5. The molecule has 0 unspecified atom stereocenters. The molecule has 0 spiro atoms. The molecule has 3 rings (SSSR count). The van der Waals surface area contributed by atoms with Crippen LogP contribution < -0.4 is 10.3 Å².